The Balaban J connectivity index is 1.49. The van der Waals surface area contributed by atoms with Crippen LogP contribution >= 0.6 is 0 Å². The van der Waals surface area contributed by atoms with E-state index in [4.69, 9.17) is 0 Å². The summed E-state index contributed by atoms with van der Waals surface area (Å²) in [7, 11) is 0. The van der Waals surface area contributed by atoms with Crippen molar-refractivity contribution >= 4 is 5.91 Å². The van der Waals surface area contributed by atoms with Crippen molar-refractivity contribution in [3.05, 3.63) is 65.2 Å². The van der Waals surface area contributed by atoms with Crippen LogP contribution in [0.25, 0.3) is 0 Å². The van der Waals surface area contributed by atoms with Crippen LogP contribution in [0, 0.1) is 18.7 Å². The van der Waals surface area contributed by atoms with Gasteiger partial charge in [0.1, 0.15) is 5.82 Å². The van der Waals surface area contributed by atoms with E-state index in [9.17, 15) is 9.18 Å². The Morgan fingerprint density at radius 2 is 2.21 bits per heavy atom. The Morgan fingerprint density at radius 1 is 1.33 bits per heavy atom. The molecule has 1 atom stereocenters. The lowest BCUT2D eigenvalue weighted by atomic mass is 9.98. The largest absolute Gasteiger partial charge is 0.342 e. The molecule has 24 heavy (non-hydrogen) atoms. The second-order valence-electron chi connectivity index (χ2n) is 6.64. The molecule has 0 bridgehead atoms. The number of carbonyl (C=O) groups excluding carboxylic acids is 1. The van der Waals surface area contributed by atoms with Gasteiger partial charge in [-0.05, 0) is 60.9 Å². The van der Waals surface area contributed by atoms with Crippen LogP contribution in [-0.2, 0) is 17.6 Å². The number of aromatic nitrogens is 1. The Morgan fingerprint density at radius 3 is 2.96 bits per heavy atom. The highest BCUT2D eigenvalue weighted by molar-refractivity contribution is 5.76. The lowest BCUT2D eigenvalue weighted by molar-refractivity contribution is -0.130. The van der Waals surface area contributed by atoms with Gasteiger partial charge >= 0.3 is 0 Å². The van der Waals surface area contributed by atoms with Gasteiger partial charge < -0.3 is 4.90 Å². The van der Waals surface area contributed by atoms with Gasteiger partial charge in [0.2, 0.25) is 5.91 Å². The Kier molecular flexibility index (Phi) is 5.24. The van der Waals surface area contributed by atoms with E-state index in [1.165, 1.54) is 0 Å². The summed E-state index contributed by atoms with van der Waals surface area (Å²) in [5.41, 5.74) is 2.79. The second kappa shape index (κ2) is 7.56. The molecule has 4 heteroatoms. The molecule has 0 spiro atoms. The molecule has 126 valence electrons. The number of halogens is 1. The molecule has 0 radical (unpaired) electrons. The second-order valence-corrected chi connectivity index (χ2v) is 6.64. The molecule has 0 saturated carbocycles. The van der Waals surface area contributed by atoms with Crippen LogP contribution in [0.3, 0.4) is 0 Å². The lowest BCUT2D eigenvalue weighted by Gasteiger charge is -2.17. The number of carbonyl (C=O) groups is 1. The molecule has 1 amide bonds. The summed E-state index contributed by atoms with van der Waals surface area (Å²) in [6.45, 7) is 3.36. The monoisotopic (exact) mass is 326 g/mol. The zero-order valence-electron chi connectivity index (χ0n) is 14.0. The van der Waals surface area contributed by atoms with Crippen LogP contribution in [0.2, 0.25) is 0 Å². The molecule has 0 N–H and O–H groups in total. The van der Waals surface area contributed by atoms with Crippen molar-refractivity contribution in [2.24, 2.45) is 5.92 Å². The Labute approximate surface area is 142 Å². The summed E-state index contributed by atoms with van der Waals surface area (Å²) in [5.74, 6) is 0.487. The number of amides is 1. The van der Waals surface area contributed by atoms with Gasteiger partial charge in [-0.3, -0.25) is 9.78 Å². The van der Waals surface area contributed by atoms with Crippen LogP contribution in [0.4, 0.5) is 4.39 Å². The Bertz CT molecular complexity index is 702. The maximum atomic E-state index is 13.7. The highest BCUT2D eigenvalue weighted by atomic mass is 19.1. The number of hydrogen-bond acceptors (Lipinski definition) is 2. The summed E-state index contributed by atoms with van der Waals surface area (Å²) in [4.78, 5) is 18.4. The third-order valence-corrected chi connectivity index (χ3v) is 4.75. The smallest absolute Gasteiger partial charge is 0.222 e. The molecule has 3 nitrogen and oxygen atoms in total. The number of pyridine rings is 1. The predicted molar refractivity (Wildman–Crippen MR) is 92.1 cm³/mol. The van der Waals surface area contributed by atoms with Gasteiger partial charge in [-0.2, -0.15) is 0 Å². The SMILES string of the molecule is Cc1ccc(CC2CCN(C(=O)CCc3cccnc3)C2)cc1F. The lowest BCUT2D eigenvalue weighted by Crippen LogP contribution is -2.29. The van der Waals surface area contributed by atoms with E-state index in [1.54, 1.807) is 19.2 Å². The number of hydrogen-bond donors (Lipinski definition) is 0. The summed E-state index contributed by atoms with van der Waals surface area (Å²) in [6.07, 6.45) is 6.64. The number of nitrogens with zero attached hydrogens (tertiary/aromatic N) is 2. The fourth-order valence-corrected chi connectivity index (χ4v) is 3.28. The number of likely N-dealkylation sites (tertiary alicyclic amines) is 1. The van der Waals surface area contributed by atoms with Gasteiger partial charge in [-0.15, -0.1) is 0 Å². The van der Waals surface area contributed by atoms with Crippen LogP contribution in [0.15, 0.2) is 42.7 Å². The highest BCUT2D eigenvalue weighted by Crippen LogP contribution is 2.22. The first-order valence-corrected chi connectivity index (χ1v) is 8.53. The molecule has 1 saturated heterocycles. The van der Waals surface area contributed by atoms with E-state index in [0.29, 0.717) is 17.9 Å². The van der Waals surface area contributed by atoms with Crippen molar-refractivity contribution in [3.8, 4) is 0 Å². The molecule has 0 aliphatic carbocycles. The van der Waals surface area contributed by atoms with E-state index in [0.717, 1.165) is 43.5 Å². The molecule has 1 unspecified atom stereocenters. The van der Waals surface area contributed by atoms with E-state index >= 15 is 0 Å². The van der Waals surface area contributed by atoms with Gasteiger partial charge in [0, 0.05) is 31.9 Å². The molecule has 3 rings (SSSR count). The summed E-state index contributed by atoms with van der Waals surface area (Å²) in [6, 6.07) is 9.34. The minimum absolute atomic E-state index is 0.144. The predicted octanol–water partition coefficient (Wildman–Crippen LogP) is 3.55. The number of rotatable bonds is 5. The highest BCUT2D eigenvalue weighted by Gasteiger charge is 2.26. The topological polar surface area (TPSA) is 33.2 Å². The zero-order chi connectivity index (χ0) is 16.9. The fourth-order valence-electron chi connectivity index (χ4n) is 3.28. The van der Waals surface area contributed by atoms with Crippen molar-refractivity contribution < 1.29 is 9.18 Å². The van der Waals surface area contributed by atoms with Gasteiger partial charge in [-0.25, -0.2) is 4.39 Å². The molecular formula is C20H23FN2O. The minimum atomic E-state index is -0.144. The molecule has 1 fully saturated rings. The molecule has 1 aromatic heterocycles. The van der Waals surface area contributed by atoms with Crippen LogP contribution < -0.4 is 0 Å². The summed E-state index contributed by atoms with van der Waals surface area (Å²) < 4.78 is 13.7. The van der Waals surface area contributed by atoms with Gasteiger partial charge in [0.15, 0.2) is 0 Å². The quantitative estimate of drug-likeness (QED) is 0.842. The maximum Gasteiger partial charge on any atom is 0.222 e. The third kappa shape index (κ3) is 4.19. The van der Waals surface area contributed by atoms with Crippen molar-refractivity contribution in [2.45, 2.75) is 32.6 Å². The standard InChI is InChI=1S/C20H23FN2O/c1-15-4-5-17(12-19(15)21)11-18-8-10-23(14-18)20(24)7-6-16-3-2-9-22-13-16/h2-5,9,12-13,18H,6-8,10-11,14H2,1H3. The van der Waals surface area contributed by atoms with Crippen LogP contribution in [-0.4, -0.2) is 28.9 Å². The molecule has 1 aromatic carbocycles. The minimum Gasteiger partial charge on any atom is -0.342 e. The van der Waals surface area contributed by atoms with Crippen LogP contribution in [0.1, 0.15) is 29.5 Å². The third-order valence-electron chi connectivity index (χ3n) is 4.75. The first-order chi connectivity index (χ1) is 11.6. The zero-order valence-corrected chi connectivity index (χ0v) is 14.0. The first kappa shape index (κ1) is 16.6. The average Bonchev–Trinajstić information content (AvgIpc) is 3.05. The van der Waals surface area contributed by atoms with E-state index in [-0.39, 0.29) is 11.7 Å². The van der Waals surface area contributed by atoms with E-state index < -0.39 is 0 Å². The summed E-state index contributed by atoms with van der Waals surface area (Å²) >= 11 is 0. The van der Waals surface area contributed by atoms with Crippen molar-refractivity contribution in [1.29, 1.82) is 0 Å². The average molecular weight is 326 g/mol. The van der Waals surface area contributed by atoms with Gasteiger partial charge in [0.05, 0.1) is 0 Å². The Hall–Kier alpha value is -2.23. The summed E-state index contributed by atoms with van der Waals surface area (Å²) in [5, 5.41) is 0. The van der Waals surface area contributed by atoms with Gasteiger partial charge in [0.25, 0.3) is 0 Å². The molecule has 1 aliphatic heterocycles. The molecule has 1 aliphatic rings. The van der Waals surface area contributed by atoms with E-state index in [2.05, 4.69) is 4.98 Å². The molecule has 2 aromatic rings. The molecular weight excluding hydrogens is 303 g/mol. The van der Waals surface area contributed by atoms with Gasteiger partial charge in [-0.1, -0.05) is 18.2 Å². The first-order valence-electron chi connectivity index (χ1n) is 8.53. The fraction of sp³-hybridized carbons (Fsp3) is 0.400. The normalized spacial score (nSPS) is 17.2. The van der Waals surface area contributed by atoms with Crippen molar-refractivity contribution in [3.63, 3.8) is 0 Å². The van der Waals surface area contributed by atoms with Crippen LogP contribution in [0.5, 0.6) is 0 Å². The number of benzene rings is 1. The number of aryl methyl sites for hydroxylation is 2. The van der Waals surface area contributed by atoms with Crippen molar-refractivity contribution in [1.82, 2.24) is 9.88 Å². The van der Waals surface area contributed by atoms with Crippen molar-refractivity contribution in [2.75, 3.05) is 13.1 Å². The van der Waals surface area contributed by atoms with E-state index in [1.807, 2.05) is 35.4 Å². The molecule has 2 heterocycles. The maximum absolute atomic E-state index is 13.7.